The smallest absolute Gasteiger partial charge is 0.335 e. The van der Waals surface area contributed by atoms with E-state index in [1.807, 2.05) is 7.05 Å². The Morgan fingerprint density at radius 1 is 1.14 bits per heavy atom. The van der Waals surface area contributed by atoms with E-state index in [0.717, 1.165) is 25.9 Å². The first-order valence-electron chi connectivity index (χ1n) is 10.2. The zero-order chi connectivity index (χ0) is 20.7. The maximum absolute atomic E-state index is 12.8. The summed E-state index contributed by atoms with van der Waals surface area (Å²) < 4.78 is 38.3. The molecule has 2 aliphatic rings. The van der Waals surface area contributed by atoms with Gasteiger partial charge in [0.1, 0.15) is 6.29 Å². The third kappa shape index (κ3) is 7.38. The standard InChI is InChI=1S/C18H35F3N6O/c1-12-11-15(27(3)10-4-9-22-2)25-16(23-12)26-17(28)24-14-7-5-13(6-8-14)18(19,20)21/h12-16,22-23,25H,4-11H2,1-3H3,(H2,24,26,28). The zero-order valence-electron chi connectivity index (χ0n) is 17.0. The SMILES string of the molecule is CNCCCN(C)C1CC(C)NC(NC(=O)NC2CCC(C(F)(F)F)CC2)N1. The van der Waals surface area contributed by atoms with Crippen molar-refractivity contribution in [3.63, 3.8) is 0 Å². The molecule has 3 unspecified atom stereocenters. The highest BCUT2D eigenvalue weighted by atomic mass is 19.4. The van der Waals surface area contributed by atoms with Crippen molar-refractivity contribution < 1.29 is 18.0 Å². The number of halogens is 3. The van der Waals surface area contributed by atoms with Crippen LogP contribution >= 0.6 is 0 Å². The number of carbonyl (C=O) groups is 1. The number of carbonyl (C=O) groups excluding carboxylic acids is 1. The molecule has 7 nitrogen and oxygen atoms in total. The highest BCUT2D eigenvalue weighted by Crippen LogP contribution is 2.37. The van der Waals surface area contributed by atoms with E-state index >= 15 is 0 Å². The molecule has 2 amide bonds. The molecule has 0 aromatic heterocycles. The third-order valence-electron chi connectivity index (χ3n) is 5.66. The van der Waals surface area contributed by atoms with Gasteiger partial charge in [-0.05, 0) is 66.1 Å². The van der Waals surface area contributed by atoms with Crippen LogP contribution < -0.4 is 26.6 Å². The summed E-state index contributed by atoms with van der Waals surface area (Å²) in [4.78, 5) is 14.5. The summed E-state index contributed by atoms with van der Waals surface area (Å²) in [6, 6.07) is -0.337. The highest BCUT2D eigenvalue weighted by molar-refractivity contribution is 5.74. The van der Waals surface area contributed by atoms with Gasteiger partial charge in [-0.2, -0.15) is 13.2 Å². The van der Waals surface area contributed by atoms with Crippen LogP contribution in [0.4, 0.5) is 18.0 Å². The van der Waals surface area contributed by atoms with Crippen LogP contribution in [0.3, 0.4) is 0 Å². The predicted octanol–water partition coefficient (Wildman–Crippen LogP) is 1.53. The Morgan fingerprint density at radius 3 is 2.43 bits per heavy atom. The number of nitrogens with zero attached hydrogens (tertiary/aromatic N) is 1. The monoisotopic (exact) mass is 408 g/mol. The van der Waals surface area contributed by atoms with Gasteiger partial charge in [0.2, 0.25) is 0 Å². The molecule has 0 bridgehead atoms. The molecule has 0 aromatic carbocycles. The van der Waals surface area contributed by atoms with Crippen LogP contribution in [0.2, 0.25) is 0 Å². The molecule has 0 aromatic rings. The Balaban J connectivity index is 1.75. The van der Waals surface area contributed by atoms with Gasteiger partial charge in [0, 0.05) is 18.6 Å². The van der Waals surface area contributed by atoms with E-state index in [1.54, 1.807) is 0 Å². The Hall–Kier alpha value is -1.10. The summed E-state index contributed by atoms with van der Waals surface area (Å²) in [6.07, 6.45) is -1.56. The van der Waals surface area contributed by atoms with Gasteiger partial charge in [0.25, 0.3) is 0 Å². The van der Waals surface area contributed by atoms with Gasteiger partial charge in [0.05, 0.1) is 12.1 Å². The quantitative estimate of drug-likeness (QED) is 0.413. The summed E-state index contributed by atoms with van der Waals surface area (Å²) in [6.45, 7) is 3.96. The number of nitrogens with one attached hydrogen (secondary N) is 5. The van der Waals surface area contributed by atoms with Gasteiger partial charge in [-0.1, -0.05) is 0 Å². The lowest BCUT2D eigenvalue weighted by Crippen LogP contribution is -2.68. The maximum Gasteiger partial charge on any atom is 0.391 e. The molecule has 0 radical (unpaired) electrons. The van der Waals surface area contributed by atoms with Crippen molar-refractivity contribution in [2.24, 2.45) is 5.92 Å². The first-order chi connectivity index (χ1) is 13.2. The lowest BCUT2D eigenvalue weighted by molar-refractivity contribution is -0.182. The fourth-order valence-electron chi connectivity index (χ4n) is 3.97. The Bertz CT molecular complexity index is 484. The van der Waals surface area contributed by atoms with Gasteiger partial charge in [-0.25, -0.2) is 4.79 Å². The number of alkyl halides is 3. The second-order valence-electron chi connectivity index (χ2n) is 8.06. The largest absolute Gasteiger partial charge is 0.391 e. The van der Waals surface area contributed by atoms with Crippen molar-refractivity contribution in [1.29, 1.82) is 0 Å². The minimum absolute atomic E-state index is 0.0743. The Kier molecular flexibility index (Phi) is 8.79. The van der Waals surface area contributed by atoms with Crippen LogP contribution in [0.25, 0.3) is 0 Å². The summed E-state index contributed by atoms with van der Waals surface area (Å²) in [5.74, 6) is -1.24. The van der Waals surface area contributed by atoms with Crippen molar-refractivity contribution in [3.05, 3.63) is 0 Å². The molecule has 1 saturated carbocycles. The molecule has 164 valence electrons. The van der Waals surface area contributed by atoms with E-state index in [4.69, 9.17) is 0 Å². The molecule has 10 heteroatoms. The molecule has 1 aliphatic heterocycles. The minimum Gasteiger partial charge on any atom is -0.335 e. The summed E-state index contributed by atoms with van der Waals surface area (Å²) in [5.41, 5.74) is 0. The summed E-state index contributed by atoms with van der Waals surface area (Å²) in [5, 5.41) is 15.5. The highest BCUT2D eigenvalue weighted by Gasteiger charge is 2.41. The van der Waals surface area contributed by atoms with E-state index in [2.05, 4.69) is 45.5 Å². The van der Waals surface area contributed by atoms with Crippen molar-refractivity contribution in [1.82, 2.24) is 31.5 Å². The van der Waals surface area contributed by atoms with Crippen LogP contribution in [-0.4, -0.2) is 68.8 Å². The maximum atomic E-state index is 12.8. The topological polar surface area (TPSA) is 80.5 Å². The molecule has 1 aliphatic carbocycles. The fourth-order valence-corrected chi connectivity index (χ4v) is 3.97. The van der Waals surface area contributed by atoms with Crippen LogP contribution in [0.15, 0.2) is 0 Å². The predicted molar refractivity (Wildman–Crippen MR) is 103 cm³/mol. The molecule has 5 N–H and O–H groups in total. The lowest BCUT2D eigenvalue weighted by Gasteiger charge is -2.41. The van der Waals surface area contributed by atoms with Gasteiger partial charge in [-0.15, -0.1) is 0 Å². The molecule has 2 rings (SSSR count). The molecular weight excluding hydrogens is 373 g/mol. The van der Waals surface area contributed by atoms with Gasteiger partial charge < -0.3 is 16.0 Å². The van der Waals surface area contributed by atoms with E-state index in [0.29, 0.717) is 12.8 Å². The molecule has 2 fully saturated rings. The molecule has 0 spiro atoms. The summed E-state index contributed by atoms with van der Waals surface area (Å²) >= 11 is 0. The number of amides is 2. The molecule has 1 saturated heterocycles. The van der Waals surface area contributed by atoms with E-state index in [-0.39, 0.29) is 43.4 Å². The second-order valence-corrected chi connectivity index (χ2v) is 8.06. The summed E-state index contributed by atoms with van der Waals surface area (Å²) in [7, 11) is 3.99. The number of urea groups is 1. The number of hydrogen-bond acceptors (Lipinski definition) is 5. The molecule has 28 heavy (non-hydrogen) atoms. The van der Waals surface area contributed by atoms with Crippen molar-refractivity contribution in [2.45, 2.75) is 76.2 Å². The van der Waals surface area contributed by atoms with Gasteiger partial charge >= 0.3 is 12.2 Å². The van der Waals surface area contributed by atoms with E-state index in [9.17, 15) is 18.0 Å². The number of hydrogen-bond donors (Lipinski definition) is 5. The van der Waals surface area contributed by atoms with Crippen LogP contribution in [0, 0.1) is 5.92 Å². The molecular formula is C18H35F3N6O. The first kappa shape index (κ1) is 23.2. The average Bonchev–Trinajstić information content (AvgIpc) is 2.61. The van der Waals surface area contributed by atoms with E-state index in [1.165, 1.54) is 0 Å². The average molecular weight is 409 g/mol. The number of rotatable bonds is 7. The molecule has 1 heterocycles. The molecule has 3 atom stereocenters. The fraction of sp³-hybridized carbons (Fsp3) is 0.944. The second kappa shape index (κ2) is 10.6. The van der Waals surface area contributed by atoms with Crippen LogP contribution in [0.1, 0.15) is 45.4 Å². The lowest BCUT2D eigenvalue weighted by atomic mass is 9.86. The van der Waals surface area contributed by atoms with Crippen LogP contribution in [0.5, 0.6) is 0 Å². The minimum atomic E-state index is -4.13. The van der Waals surface area contributed by atoms with Crippen molar-refractivity contribution in [3.8, 4) is 0 Å². The normalized spacial score (nSPS) is 31.6. The van der Waals surface area contributed by atoms with Crippen LogP contribution in [-0.2, 0) is 0 Å². The third-order valence-corrected chi connectivity index (χ3v) is 5.66. The Labute approximate surface area is 165 Å². The van der Waals surface area contributed by atoms with Crippen molar-refractivity contribution >= 4 is 6.03 Å². The Morgan fingerprint density at radius 2 is 1.82 bits per heavy atom. The zero-order valence-corrected chi connectivity index (χ0v) is 17.0. The van der Waals surface area contributed by atoms with E-state index < -0.39 is 12.1 Å². The van der Waals surface area contributed by atoms with Gasteiger partial charge in [-0.3, -0.25) is 15.5 Å². The van der Waals surface area contributed by atoms with Gasteiger partial charge in [0.15, 0.2) is 0 Å². The first-order valence-corrected chi connectivity index (χ1v) is 10.2. The van der Waals surface area contributed by atoms with Crippen molar-refractivity contribution in [2.75, 3.05) is 27.2 Å².